The molecular weight excluding hydrogens is 781 g/mol. The molecule has 6 nitrogen and oxygen atoms in total. The second-order valence-electron chi connectivity index (χ2n) is 17.1. The average molecular weight is 877 g/mol. The molecule has 0 rings (SSSR count). The standard InChI is InChI=1S/C57H96O6/c1-4-7-10-13-16-19-22-25-28-30-32-35-38-41-44-47-50-56(59)62-53-54(52-61-55(58)49-46-43-40-37-34-31-27-24-21-18-15-12-9-6-3)63-57(60)51-48-45-42-39-36-33-29-26-23-20-17-14-11-8-5-2/h7-8,10-11,14,16-17,19-20,23,25,28,31,34,54H,4-6,9,12-13,15,18,21-22,24,26-27,29-30,32-33,35-53H2,1-3H3/b10-7-,11-8-,17-14-,19-16-,23-20-,28-25-,34-31-. The molecular formula is C57H96O6. The van der Waals surface area contributed by atoms with Crippen LogP contribution >= 0.6 is 0 Å². The fraction of sp³-hybridized carbons (Fsp3) is 0.702. The van der Waals surface area contributed by atoms with E-state index in [0.717, 1.165) is 109 Å². The van der Waals surface area contributed by atoms with Crippen molar-refractivity contribution in [1.29, 1.82) is 0 Å². The van der Waals surface area contributed by atoms with Gasteiger partial charge in [-0.15, -0.1) is 0 Å². The Morgan fingerprint density at radius 2 is 0.698 bits per heavy atom. The maximum absolute atomic E-state index is 12.8. The molecule has 0 aromatic carbocycles. The number of carbonyl (C=O) groups excluding carboxylic acids is 3. The van der Waals surface area contributed by atoms with Gasteiger partial charge in [-0.2, -0.15) is 0 Å². The zero-order valence-electron chi connectivity index (χ0n) is 41.1. The van der Waals surface area contributed by atoms with Crippen LogP contribution in [-0.4, -0.2) is 37.2 Å². The lowest BCUT2D eigenvalue weighted by Crippen LogP contribution is -2.30. The molecule has 6 heteroatoms. The van der Waals surface area contributed by atoms with Crippen LogP contribution < -0.4 is 0 Å². The van der Waals surface area contributed by atoms with Crippen LogP contribution in [0.4, 0.5) is 0 Å². The highest BCUT2D eigenvalue weighted by Crippen LogP contribution is 2.14. The Labute approximate surface area is 388 Å². The van der Waals surface area contributed by atoms with Gasteiger partial charge in [0, 0.05) is 19.3 Å². The summed E-state index contributed by atoms with van der Waals surface area (Å²) < 4.78 is 16.8. The van der Waals surface area contributed by atoms with E-state index in [1.54, 1.807) is 0 Å². The molecule has 0 aromatic rings. The van der Waals surface area contributed by atoms with E-state index in [2.05, 4.69) is 106 Å². The molecule has 0 fully saturated rings. The highest BCUT2D eigenvalue weighted by Gasteiger charge is 2.19. The Morgan fingerprint density at radius 3 is 1.17 bits per heavy atom. The quantitative estimate of drug-likeness (QED) is 0.0199. The summed E-state index contributed by atoms with van der Waals surface area (Å²) >= 11 is 0. The highest BCUT2D eigenvalue weighted by atomic mass is 16.6. The minimum Gasteiger partial charge on any atom is -0.462 e. The molecule has 1 atom stereocenters. The third-order valence-electron chi connectivity index (χ3n) is 10.9. The Kier molecular flexibility index (Phi) is 48.5. The number of carbonyl (C=O) groups is 3. The van der Waals surface area contributed by atoms with Crippen LogP contribution in [0, 0.1) is 0 Å². The lowest BCUT2D eigenvalue weighted by atomic mass is 10.1. The second-order valence-corrected chi connectivity index (χ2v) is 17.1. The second kappa shape index (κ2) is 51.2. The Hall–Kier alpha value is -3.41. The Bertz CT molecular complexity index is 1240. The summed E-state index contributed by atoms with van der Waals surface area (Å²) in [6.07, 6.45) is 65.6. The molecule has 0 saturated heterocycles. The van der Waals surface area contributed by atoms with Crippen molar-refractivity contribution in [2.45, 2.75) is 245 Å². The minimum absolute atomic E-state index is 0.0936. The molecule has 0 amide bonds. The summed E-state index contributed by atoms with van der Waals surface area (Å²) in [4.78, 5) is 38.0. The number of esters is 3. The van der Waals surface area contributed by atoms with Gasteiger partial charge >= 0.3 is 17.9 Å². The van der Waals surface area contributed by atoms with Crippen molar-refractivity contribution in [1.82, 2.24) is 0 Å². The molecule has 1 unspecified atom stereocenters. The van der Waals surface area contributed by atoms with Gasteiger partial charge in [-0.1, -0.05) is 209 Å². The van der Waals surface area contributed by atoms with E-state index < -0.39 is 6.10 Å². The molecule has 0 aliphatic rings. The number of rotatable bonds is 46. The summed E-state index contributed by atoms with van der Waals surface area (Å²) in [5.74, 6) is -0.934. The van der Waals surface area contributed by atoms with Gasteiger partial charge < -0.3 is 14.2 Å². The maximum Gasteiger partial charge on any atom is 0.306 e. The first-order valence-electron chi connectivity index (χ1n) is 26.1. The normalized spacial score (nSPS) is 12.7. The first kappa shape index (κ1) is 59.6. The van der Waals surface area contributed by atoms with Gasteiger partial charge in [0.05, 0.1) is 0 Å². The molecule has 0 aromatic heterocycles. The highest BCUT2D eigenvalue weighted by molar-refractivity contribution is 5.71. The lowest BCUT2D eigenvalue weighted by Gasteiger charge is -2.18. The van der Waals surface area contributed by atoms with E-state index in [4.69, 9.17) is 14.2 Å². The number of unbranched alkanes of at least 4 members (excludes halogenated alkanes) is 23. The van der Waals surface area contributed by atoms with E-state index in [0.29, 0.717) is 19.3 Å². The van der Waals surface area contributed by atoms with Crippen molar-refractivity contribution in [2.75, 3.05) is 13.2 Å². The zero-order chi connectivity index (χ0) is 45.8. The number of hydrogen-bond donors (Lipinski definition) is 0. The summed E-state index contributed by atoms with van der Waals surface area (Å²) in [5.41, 5.74) is 0. The van der Waals surface area contributed by atoms with E-state index >= 15 is 0 Å². The van der Waals surface area contributed by atoms with Crippen LogP contribution in [0.1, 0.15) is 239 Å². The Balaban J connectivity index is 4.45. The third-order valence-corrected chi connectivity index (χ3v) is 10.9. The molecule has 0 spiro atoms. The molecule has 0 aliphatic heterocycles. The van der Waals surface area contributed by atoms with Crippen molar-refractivity contribution in [3.8, 4) is 0 Å². The van der Waals surface area contributed by atoms with Gasteiger partial charge in [0.15, 0.2) is 6.10 Å². The molecule has 0 heterocycles. The van der Waals surface area contributed by atoms with Crippen LogP contribution in [0.15, 0.2) is 85.1 Å². The first-order chi connectivity index (χ1) is 31.0. The summed E-state index contributed by atoms with van der Waals surface area (Å²) in [6, 6.07) is 0. The van der Waals surface area contributed by atoms with Crippen molar-refractivity contribution >= 4 is 17.9 Å². The van der Waals surface area contributed by atoms with Crippen molar-refractivity contribution in [3.63, 3.8) is 0 Å². The topological polar surface area (TPSA) is 78.9 Å². The minimum atomic E-state index is -0.794. The zero-order valence-corrected chi connectivity index (χ0v) is 41.1. The molecule has 0 radical (unpaired) electrons. The predicted molar refractivity (Wildman–Crippen MR) is 270 cm³/mol. The number of hydrogen-bond acceptors (Lipinski definition) is 6. The van der Waals surface area contributed by atoms with Crippen LogP contribution in [-0.2, 0) is 28.6 Å². The average Bonchev–Trinajstić information content (AvgIpc) is 3.28. The van der Waals surface area contributed by atoms with Gasteiger partial charge in [-0.3, -0.25) is 14.4 Å². The lowest BCUT2D eigenvalue weighted by molar-refractivity contribution is -0.167. The van der Waals surface area contributed by atoms with Crippen molar-refractivity contribution < 1.29 is 28.6 Å². The maximum atomic E-state index is 12.8. The summed E-state index contributed by atoms with van der Waals surface area (Å²) in [5, 5.41) is 0. The van der Waals surface area contributed by atoms with Gasteiger partial charge in [-0.05, 0) is 96.3 Å². The number of ether oxygens (including phenoxy) is 3. The van der Waals surface area contributed by atoms with E-state index in [-0.39, 0.29) is 31.1 Å². The fourth-order valence-corrected chi connectivity index (χ4v) is 7.04. The van der Waals surface area contributed by atoms with Crippen LogP contribution in [0.3, 0.4) is 0 Å². The Morgan fingerprint density at radius 1 is 0.349 bits per heavy atom. The van der Waals surface area contributed by atoms with Crippen molar-refractivity contribution in [2.24, 2.45) is 0 Å². The molecule has 0 N–H and O–H groups in total. The fourth-order valence-electron chi connectivity index (χ4n) is 7.04. The van der Waals surface area contributed by atoms with E-state index in [9.17, 15) is 14.4 Å². The monoisotopic (exact) mass is 877 g/mol. The summed E-state index contributed by atoms with van der Waals surface area (Å²) in [7, 11) is 0. The van der Waals surface area contributed by atoms with Crippen LogP contribution in [0.25, 0.3) is 0 Å². The molecule has 63 heavy (non-hydrogen) atoms. The SMILES string of the molecule is CC\C=C/C=C\C=C/CCCCCCCCCC(=O)OC(COC(=O)CCCCC/C=C\CCCCCCCCC)COC(=O)CCCCCCCC/C=C\C/C=C\C/C=C\CC. The molecule has 360 valence electrons. The largest absolute Gasteiger partial charge is 0.462 e. The van der Waals surface area contributed by atoms with Gasteiger partial charge in [0.25, 0.3) is 0 Å². The van der Waals surface area contributed by atoms with Gasteiger partial charge in [0.1, 0.15) is 13.2 Å². The van der Waals surface area contributed by atoms with E-state index in [1.165, 1.54) is 89.9 Å². The van der Waals surface area contributed by atoms with Crippen LogP contribution in [0.5, 0.6) is 0 Å². The van der Waals surface area contributed by atoms with E-state index in [1.807, 2.05) is 0 Å². The third kappa shape index (κ3) is 49.5. The van der Waals surface area contributed by atoms with Gasteiger partial charge in [-0.25, -0.2) is 0 Å². The predicted octanol–water partition coefficient (Wildman–Crippen LogP) is 17.2. The molecule has 0 saturated carbocycles. The summed E-state index contributed by atoms with van der Waals surface area (Å²) in [6.45, 7) is 6.36. The molecule has 0 bridgehead atoms. The van der Waals surface area contributed by atoms with Crippen LogP contribution in [0.2, 0.25) is 0 Å². The smallest absolute Gasteiger partial charge is 0.306 e. The van der Waals surface area contributed by atoms with Gasteiger partial charge in [0.2, 0.25) is 0 Å². The number of allylic oxidation sites excluding steroid dienone is 14. The molecule has 0 aliphatic carbocycles. The first-order valence-corrected chi connectivity index (χ1v) is 26.1. The van der Waals surface area contributed by atoms with Crippen molar-refractivity contribution in [3.05, 3.63) is 85.1 Å².